The minimum atomic E-state index is -3.86. The summed E-state index contributed by atoms with van der Waals surface area (Å²) in [6.45, 7) is 3.20. The van der Waals surface area contributed by atoms with Crippen LogP contribution in [0.2, 0.25) is 15.1 Å². The summed E-state index contributed by atoms with van der Waals surface area (Å²) in [5, 5.41) is 4.86. The van der Waals surface area contributed by atoms with E-state index in [0.29, 0.717) is 20.8 Å². The lowest BCUT2D eigenvalue weighted by Gasteiger charge is -2.31. The highest BCUT2D eigenvalue weighted by Crippen LogP contribution is 2.35. The van der Waals surface area contributed by atoms with Gasteiger partial charge in [0, 0.05) is 31.2 Å². The Hall–Kier alpha value is -2.74. The standard InChI is InChI=1S/C28H24Cl3N3O2S/c29-23-3-1-2-20(16-23)19-4-8-24(9-5-19)37(35,36)33-27-18-22(21-6-10-25(30)26(31)17-21)7-11-28(27)34-14-12-32-13-15-34/h1-11,16-18,32-33H,12-15H2. The summed E-state index contributed by atoms with van der Waals surface area (Å²) in [5.74, 6) is 0. The van der Waals surface area contributed by atoms with E-state index >= 15 is 0 Å². The van der Waals surface area contributed by atoms with Gasteiger partial charge < -0.3 is 10.2 Å². The molecule has 1 aliphatic rings. The molecule has 0 saturated carbocycles. The second-order valence-corrected chi connectivity index (χ2v) is 11.7. The number of piperazine rings is 1. The smallest absolute Gasteiger partial charge is 0.261 e. The molecule has 0 spiro atoms. The topological polar surface area (TPSA) is 61.4 Å². The second kappa shape index (κ2) is 10.9. The first-order valence-corrected chi connectivity index (χ1v) is 14.4. The summed E-state index contributed by atoms with van der Waals surface area (Å²) in [6.07, 6.45) is 0. The highest BCUT2D eigenvalue weighted by Gasteiger charge is 2.21. The van der Waals surface area contributed by atoms with Crippen molar-refractivity contribution >= 4 is 56.2 Å². The van der Waals surface area contributed by atoms with Gasteiger partial charge in [-0.25, -0.2) is 8.42 Å². The molecule has 37 heavy (non-hydrogen) atoms. The lowest BCUT2D eigenvalue weighted by atomic mass is 10.0. The molecule has 0 aromatic heterocycles. The average Bonchev–Trinajstić information content (AvgIpc) is 2.90. The first kappa shape index (κ1) is 25.9. The van der Waals surface area contributed by atoms with Gasteiger partial charge in [-0.15, -0.1) is 0 Å². The number of rotatable bonds is 6. The van der Waals surface area contributed by atoms with E-state index in [1.807, 2.05) is 42.5 Å². The van der Waals surface area contributed by atoms with Crippen molar-refractivity contribution in [3.63, 3.8) is 0 Å². The van der Waals surface area contributed by atoms with Gasteiger partial charge in [0.2, 0.25) is 0 Å². The molecule has 1 aliphatic heterocycles. The van der Waals surface area contributed by atoms with Gasteiger partial charge in [-0.05, 0) is 70.8 Å². The van der Waals surface area contributed by atoms with E-state index in [1.54, 1.807) is 42.5 Å². The highest BCUT2D eigenvalue weighted by atomic mass is 35.5. The van der Waals surface area contributed by atoms with Crippen LogP contribution in [0.1, 0.15) is 0 Å². The third-order valence-corrected chi connectivity index (χ3v) is 8.63. The molecular formula is C28H24Cl3N3O2S. The quantitative estimate of drug-likeness (QED) is 0.257. The zero-order valence-corrected chi connectivity index (χ0v) is 22.8. The van der Waals surface area contributed by atoms with Gasteiger partial charge in [-0.3, -0.25) is 4.72 Å². The molecule has 4 aromatic rings. The fraction of sp³-hybridized carbons (Fsp3) is 0.143. The largest absolute Gasteiger partial charge is 0.367 e. The van der Waals surface area contributed by atoms with Crippen LogP contribution in [0.5, 0.6) is 0 Å². The van der Waals surface area contributed by atoms with Gasteiger partial charge in [0.15, 0.2) is 0 Å². The van der Waals surface area contributed by atoms with Crippen LogP contribution in [-0.2, 0) is 10.0 Å². The van der Waals surface area contributed by atoms with Crippen LogP contribution in [0.4, 0.5) is 11.4 Å². The maximum absolute atomic E-state index is 13.5. The van der Waals surface area contributed by atoms with Gasteiger partial charge in [0.1, 0.15) is 0 Å². The van der Waals surface area contributed by atoms with E-state index in [9.17, 15) is 8.42 Å². The fourth-order valence-corrected chi connectivity index (χ4v) is 5.91. The molecule has 9 heteroatoms. The van der Waals surface area contributed by atoms with Gasteiger partial charge >= 0.3 is 0 Å². The molecule has 2 N–H and O–H groups in total. The van der Waals surface area contributed by atoms with E-state index < -0.39 is 10.0 Å². The summed E-state index contributed by atoms with van der Waals surface area (Å²) < 4.78 is 29.8. The van der Waals surface area contributed by atoms with Crippen molar-refractivity contribution in [3.05, 3.63) is 100.0 Å². The summed E-state index contributed by atoms with van der Waals surface area (Å²) >= 11 is 18.5. The molecule has 4 aromatic carbocycles. The van der Waals surface area contributed by atoms with Crippen LogP contribution < -0.4 is 14.9 Å². The first-order valence-electron chi connectivity index (χ1n) is 11.7. The van der Waals surface area contributed by atoms with E-state index in [4.69, 9.17) is 34.8 Å². The van der Waals surface area contributed by atoms with Crippen molar-refractivity contribution in [2.24, 2.45) is 0 Å². The molecular weight excluding hydrogens is 549 g/mol. The van der Waals surface area contributed by atoms with Crippen molar-refractivity contribution < 1.29 is 8.42 Å². The Morgan fingerprint density at radius 1 is 0.703 bits per heavy atom. The monoisotopic (exact) mass is 571 g/mol. The molecule has 5 nitrogen and oxygen atoms in total. The van der Waals surface area contributed by atoms with E-state index in [1.165, 1.54) is 0 Å². The highest BCUT2D eigenvalue weighted by molar-refractivity contribution is 7.92. The number of halogens is 3. The van der Waals surface area contributed by atoms with Gasteiger partial charge in [0.25, 0.3) is 10.0 Å². The van der Waals surface area contributed by atoms with Crippen LogP contribution in [0.25, 0.3) is 22.3 Å². The van der Waals surface area contributed by atoms with Crippen molar-refractivity contribution in [1.29, 1.82) is 0 Å². The average molecular weight is 573 g/mol. The molecule has 0 bridgehead atoms. The molecule has 0 amide bonds. The molecule has 0 aliphatic carbocycles. The molecule has 1 fully saturated rings. The Morgan fingerprint density at radius 3 is 2.05 bits per heavy atom. The van der Waals surface area contributed by atoms with Crippen LogP contribution >= 0.6 is 34.8 Å². The van der Waals surface area contributed by atoms with E-state index in [-0.39, 0.29) is 4.90 Å². The van der Waals surface area contributed by atoms with Crippen molar-refractivity contribution in [3.8, 4) is 22.3 Å². The van der Waals surface area contributed by atoms with Crippen molar-refractivity contribution in [2.75, 3.05) is 35.8 Å². The summed E-state index contributed by atoms with van der Waals surface area (Å²) in [6, 6.07) is 25.3. The molecule has 190 valence electrons. The predicted octanol–water partition coefficient (Wildman–Crippen LogP) is 7.19. The summed E-state index contributed by atoms with van der Waals surface area (Å²) in [7, 11) is -3.86. The third-order valence-electron chi connectivity index (χ3n) is 6.27. The van der Waals surface area contributed by atoms with Crippen LogP contribution in [0.15, 0.2) is 89.8 Å². The SMILES string of the molecule is O=S(=O)(Nc1cc(-c2ccc(Cl)c(Cl)c2)ccc1N1CCNCC1)c1ccc(-c2cccc(Cl)c2)cc1. The van der Waals surface area contributed by atoms with Gasteiger partial charge in [-0.1, -0.05) is 71.2 Å². The molecule has 0 atom stereocenters. The zero-order chi connectivity index (χ0) is 26.0. The molecule has 0 unspecified atom stereocenters. The van der Waals surface area contributed by atoms with Gasteiger partial charge in [0.05, 0.1) is 26.3 Å². The molecule has 1 heterocycles. The number of benzene rings is 4. The number of hydrogen-bond donors (Lipinski definition) is 2. The maximum atomic E-state index is 13.5. The fourth-order valence-electron chi connectivity index (χ4n) is 4.35. The lowest BCUT2D eigenvalue weighted by Crippen LogP contribution is -2.43. The maximum Gasteiger partial charge on any atom is 0.261 e. The minimum Gasteiger partial charge on any atom is -0.367 e. The Balaban J connectivity index is 1.49. The Labute approximate surface area is 232 Å². The van der Waals surface area contributed by atoms with E-state index in [0.717, 1.165) is 54.1 Å². The zero-order valence-electron chi connectivity index (χ0n) is 19.7. The summed E-state index contributed by atoms with van der Waals surface area (Å²) in [4.78, 5) is 2.35. The number of sulfonamides is 1. The number of hydrogen-bond acceptors (Lipinski definition) is 4. The third kappa shape index (κ3) is 5.89. The number of nitrogens with one attached hydrogen (secondary N) is 2. The molecule has 5 rings (SSSR count). The first-order chi connectivity index (χ1) is 17.8. The minimum absolute atomic E-state index is 0.171. The predicted molar refractivity (Wildman–Crippen MR) is 155 cm³/mol. The molecule has 0 radical (unpaired) electrons. The van der Waals surface area contributed by atoms with Crippen molar-refractivity contribution in [2.45, 2.75) is 4.90 Å². The van der Waals surface area contributed by atoms with Crippen LogP contribution in [0.3, 0.4) is 0 Å². The van der Waals surface area contributed by atoms with Crippen molar-refractivity contribution in [1.82, 2.24) is 5.32 Å². The molecule has 1 saturated heterocycles. The Kier molecular flexibility index (Phi) is 7.65. The lowest BCUT2D eigenvalue weighted by molar-refractivity contribution is 0.589. The number of anilines is 2. The normalized spacial score (nSPS) is 14.0. The van der Waals surface area contributed by atoms with Crippen LogP contribution in [0, 0.1) is 0 Å². The van der Waals surface area contributed by atoms with Gasteiger partial charge in [-0.2, -0.15) is 0 Å². The second-order valence-electron chi connectivity index (χ2n) is 8.74. The summed E-state index contributed by atoms with van der Waals surface area (Å²) in [5.41, 5.74) is 4.79. The Bertz CT molecular complexity index is 1540. The number of nitrogens with zero attached hydrogens (tertiary/aromatic N) is 1. The van der Waals surface area contributed by atoms with Crippen LogP contribution in [-0.4, -0.2) is 34.6 Å². The van der Waals surface area contributed by atoms with E-state index in [2.05, 4.69) is 14.9 Å². The Morgan fingerprint density at radius 2 is 1.35 bits per heavy atom.